The van der Waals surface area contributed by atoms with Gasteiger partial charge in [-0.15, -0.1) is 4.33 Å². The van der Waals surface area contributed by atoms with Gasteiger partial charge in [-0.25, -0.2) is 5.26 Å². The van der Waals surface area contributed by atoms with E-state index >= 15 is 0 Å². The molecule has 2 aromatic carbocycles. The summed E-state index contributed by atoms with van der Waals surface area (Å²) < 4.78 is 37.4. The minimum Gasteiger partial charge on any atom is -0.326 e. The number of isothiocyanates is 1. The number of carbonyl (C=O) groups is 1. The molecule has 2 rings (SSSR count). The Bertz CT molecular complexity index is 1090. The molecular formula is C17H14N2O7S3. The van der Waals surface area contributed by atoms with Crippen LogP contribution in [0.15, 0.2) is 51.2 Å². The van der Waals surface area contributed by atoms with Gasteiger partial charge in [0.1, 0.15) is 4.90 Å². The van der Waals surface area contributed by atoms with Crippen LogP contribution in [0.2, 0.25) is 0 Å². The number of thiocarbonyl (C=S) groups is 1. The maximum Gasteiger partial charge on any atom is 0.295 e. The maximum absolute atomic E-state index is 11.7. The van der Waals surface area contributed by atoms with E-state index in [2.05, 4.69) is 37.1 Å². The first kappa shape index (κ1) is 22.9. The largest absolute Gasteiger partial charge is 0.326 e. The monoisotopic (exact) mass is 454 g/mol. The minimum atomic E-state index is -4.55. The number of hydrogen-bond donors (Lipinski definition) is 3. The molecule has 0 unspecified atom stereocenters. The second kappa shape index (κ2) is 10.4. The van der Waals surface area contributed by atoms with Crippen molar-refractivity contribution in [1.29, 1.82) is 0 Å². The summed E-state index contributed by atoms with van der Waals surface area (Å²) in [6.07, 6.45) is 3.00. The van der Waals surface area contributed by atoms with Crippen LogP contribution in [0.1, 0.15) is 18.1 Å². The van der Waals surface area contributed by atoms with E-state index in [9.17, 15) is 17.8 Å². The lowest BCUT2D eigenvalue weighted by atomic mass is 10.1. The number of amides is 1. The standard InChI is InChI=1S/C17H14N2O7S3/c1-11(20)19-15-7-5-13(17(9-15)29(22,23)24)3-2-12-4-6-14(18-10-27)8-16(12)28-26-25-21/h2-9,21H,1H3,(H,19,20)(H,22,23,24)/b3-2+. The van der Waals surface area contributed by atoms with E-state index in [0.29, 0.717) is 28.2 Å². The Morgan fingerprint density at radius 3 is 2.55 bits per heavy atom. The first-order valence-corrected chi connectivity index (χ1v) is 10.3. The smallest absolute Gasteiger partial charge is 0.295 e. The van der Waals surface area contributed by atoms with Crippen LogP contribution >= 0.6 is 24.3 Å². The first-order valence-electron chi connectivity index (χ1n) is 7.68. The van der Waals surface area contributed by atoms with Crippen LogP contribution in [-0.4, -0.2) is 29.3 Å². The van der Waals surface area contributed by atoms with E-state index < -0.39 is 10.1 Å². The highest BCUT2D eigenvalue weighted by atomic mass is 32.2. The highest BCUT2D eigenvalue weighted by Crippen LogP contribution is 2.30. The van der Waals surface area contributed by atoms with Gasteiger partial charge < -0.3 is 5.32 Å². The van der Waals surface area contributed by atoms with Gasteiger partial charge in [-0.05, 0) is 47.6 Å². The molecule has 12 heteroatoms. The quantitative estimate of drug-likeness (QED) is 0.102. The number of anilines is 1. The number of aliphatic imine (C=N–C) groups is 1. The third-order valence-electron chi connectivity index (χ3n) is 3.38. The van der Waals surface area contributed by atoms with Crippen molar-refractivity contribution >= 4 is 69.0 Å². The van der Waals surface area contributed by atoms with Gasteiger partial charge in [-0.2, -0.15) is 13.4 Å². The molecule has 0 spiro atoms. The Labute approximate surface area is 175 Å². The number of rotatable bonds is 8. The molecule has 1 amide bonds. The van der Waals surface area contributed by atoms with Crippen molar-refractivity contribution in [3.05, 3.63) is 47.5 Å². The van der Waals surface area contributed by atoms with E-state index in [4.69, 9.17) is 5.26 Å². The molecule has 0 saturated heterocycles. The van der Waals surface area contributed by atoms with Crippen LogP contribution in [0, 0.1) is 0 Å². The fraction of sp³-hybridized carbons (Fsp3) is 0.0588. The summed E-state index contributed by atoms with van der Waals surface area (Å²) in [6.45, 7) is 1.27. The van der Waals surface area contributed by atoms with Crippen LogP contribution in [0.5, 0.6) is 0 Å². The number of carbonyl (C=O) groups excluding carboxylic acids is 1. The molecule has 9 nitrogen and oxygen atoms in total. The van der Waals surface area contributed by atoms with Crippen LogP contribution in [-0.2, 0) is 24.3 Å². The molecule has 0 heterocycles. The third kappa shape index (κ3) is 6.85. The third-order valence-corrected chi connectivity index (χ3v) is 5.04. The molecule has 0 aliphatic rings. The fourth-order valence-corrected chi connectivity index (χ4v) is 3.58. The predicted octanol–water partition coefficient (Wildman–Crippen LogP) is 4.22. The Kier molecular flexibility index (Phi) is 8.20. The number of benzene rings is 2. The molecular weight excluding hydrogens is 440 g/mol. The van der Waals surface area contributed by atoms with Crippen molar-refractivity contribution < 1.29 is 32.4 Å². The van der Waals surface area contributed by atoms with Crippen molar-refractivity contribution in [1.82, 2.24) is 0 Å². The van der Waals surface area contributed by atoms with Crippen molar-refractivity contribution in [2.75, 3.05) is 5.32 Å². The van der Waals surface area contributed by atoms with Gasteiger partial charge in [0.2, 0.25) is 5.91 Å². The lowest BCUT2D eigenvalue weighted by molar-refractivity contribution is -0.432. The Balaban J connectivity index is 2.47. The van der Waals surface area contributed by atoms with Crippen molar-refractivity contribution in [3.63, 3.8) is 0 Å². The van der Waals surface area contributed by atoms with Gasteiger partial charge in [0.15, 0.2) is 0 Å². The van der Waals surface area contributed by atoms with Crippen molar-refractivity contribution in [3.8, 4) is 0 Å². The van der Waals surface area contributed by atoms with Crippen LogP contribution in [0.3, 0.4) is 0 Å². The van der Waals surface area contributed by atoms with E-state index in [1.165, 1.54) is 25.1 Å². The van der Waals surface area contributed by atoms with Gasteiger partial charge in [-0.1, -0.05) is 29.3 Å². The van der Waals surface area contributed by atoms with Crippen LogP contribution in [0.4, 0.5) is 11.4 Å². The molecule has 0 saturated carbocycles. The molecule has 152 valence electrons. The minimum absolute atomic E-state index is 0.179. The second-order valence-corrected chi connectivity index (χ2v) is 7.71. The second-order valence-electron chi connectivity index (χ2n) is 5.39. The average Bonchev–Trinajstić information content (AvgIpc) is 2.65. The van der Waals surface area contributed by atoms with E-state index in [1.54, 1.807) is 24.3 Å². The summed E-state index contributed by atoms with van der Waals surface area (Å²) in [6, 6.07) is 8.91. The molecule has 0 bridgehead atoms. The van der Waals surface area contributed by atoms with Gasteiger partial charge in [0, 0.05) is 17.5 Å². The van der Waals surface area contributed by atoms with Gasteiger partial charge in [-0.3, -0.25) is 9.35 Å². The number of nitrogens with zero attached hydrogens (tertiary/aromatic N) is 1. The SMILES string of the molecule is CC(=O)Nc1ccc(/C=C/c2ccc(N=C=S)cc2SOOO)c(S(=O)(=O)O)c1. The van der Waals surface area contributed by atoms with E-state index in [0.717, 1.165) is 6.07 Å². The molecule has 0 aliphatic heterocycles. The summed E-state index contributed by atoms with van der Waals surface area (Å²) in [5.41, 5.74) is 1.43. The first-order chi connectivity index (χ1) is 13.7. The summed E-state index contributed by atoms with van der Waals surface area (Å²) in [4.78, 5) is 15.1. The van der Waals surface area contributed by atoms with Gasteiger partial charge in [0.25, 0.3) is 10.1 Å². The highest BCUT2D eigenvalue weighted by molar-refractivity contribution is 7.94. The summed E-state index contributed by atoms with van der Waals surface area (Å²) in [5.74, 6) is -0.388. The maximum atomic E-state index is 11.7. The summed E-state index contributed by atoms with van der Waals surface area (Å²) >= 11 is 5.24. The number of nitrogens with one attached hydrogen (secondary N) is 1. The van der Waals surface area contributed by atoms with Gasteiger partial charge in [0.05, 0.1) is 22.9 Å². The predicted molar refractivity (Wildman–Crippen MR) is 111 cm³/mol. The van der Waals surface area contributed by atoms with Crippen LogP contribution < -0.4 is 5.32 Å². The zero-order chi connectivity index (χ0) is 21.4. The van der Waals surface area contributed by atoms with E-state index in [-0.39, 0.29) is 22.1 Å². The highest BCUT2D eigenvalue weighted by Gasteiger charge is 2.15. The molecule has 29 heavy (non-hydrogen) atoms. The van der Waals surface area contributed by atoms with E-state index in [1.807, 2.05) is 0 Å². The molecule has 0 aliphatic carbocycles. The van der Waals surface area contributed by atoms with Crippen LogP contribution in [0.25, 0.3) is 12.2 Å². The molecule has 3 N–H and O–H groups in total. The van der Waals surface area contributed by atoms with Crippen molar-refractivity contribution in [2.45, 2.75) is 16.7 Å². The summed E-state index contributed by atoms with van der Waals surface area (Å²) in [7, 11) is -4.55. The lowest BCUT2D eigenvalue weighted by Gasteiger charge is -2.08. The topological polar surface area (TPSA) is 135 Å². The lowest BCUT2D eigenvalue weighted by Crippen LogP contribution is -2.08. The molecule has 2 aromatic rings. The molecule has 0 aromatic heterocycles. The molecule has 0 fully saturated rings. The Morgan fingerprint density at radius 2 is 1.93 bits per heavy atom. The molecule has 0 radical (unpaired) electrons. The fourth-order valence-electron chi connectivity index (χ4n) is 2.26. The normalized spacial score (nSPS) is 11.3. The molecule has 0 atom stereocenters. The van der Waals surface area contributed by atoms with Crippen molar-refractivity contribution in [2.24, 2.45) is 4.99 Å². The average molecular weight is 455 g/mol. The Hall–Kier alpha value is -2.41. The zero-order valence-corrected chi connectivity index (χ0v) is 17.2. The Morgan fingerprint density at radius 1 is 1.24 bits per heavy atom. The van der Waals surface area contributed by atoms with Gasteiger partial charge >= 0.3 is 0 Å². The summed E-state index contributed by atoms with van der Waals surface area (Å²) in [5, 5.41) is 16.6. The zero-order valence-electron chi connectivity index (χ0n) is 14.7. The number of hydrogen-bond acceptors (Lipinski definition) is 9.